The van der Waals surface area contributed by atoms with Crippen molar-refractivity contribution >= 4 is 35.1 Å². The Morgan fingerprint density at radius 3 is 2.56 bits per heavy atom. The molecule has 182 valence electrons. The Morgan fingerprint density at radius 1 is 1.32 bits per heavy atom. The van der Waals surface area contributed by atoms with Crippen LogP contribution in [-0.2, 0) is 6.18 Å². The Kier molecular flexibility index (Phi) is 7.75. The van der Waals surface area contributed by atoms with Crippen LogP contribution >= 0.6 is 23.4 Å². The second-order valence-electron chi connectivity index (χ2n) is 7.67. The maximum absolute atomic E-state index is 14.0. The number of carboxylic acid groups (broad SMARTS) is 1. The van der Waals surface area contributed by atoms with Crippen LogP contribution in [0.5, 0.6) is 5.75 Å². The number of nitrogens with two attached hydrogens (primary N) is 1. The van der Waals surface area contributed by atoms with Crippen molar-refractivity contribution in [2.24, 2.45) is 5.73 Å². The molecule has 3 rings (SSSR count). The van der Waals surface area contributed by atoms with Crippen molar-refractivity contribution in [3.63, 3.8) is 0 Å². The molecular formula is C22H22ClF3N4O3S. The third-order valence-corrected chi connectivity index (χ3v) is 6.49. The van der Waals surface area contributed by atoms with Gasteiger partial charge < -0.3 is 20.1 Å². The predicted molar refractivity (Wildman–Crippen MR) is 125 cm³/mol. The maximum Gasteiger partial charge on any atom is 0.417 e. The number of halogens is 4. The molecule has 1 fully saturated rings. The summed E-state index contributed by atoms with van der Waals surface area (Å²) in [5.74, 6) is 0.352. The van der Waals surface area contributed by atoms with Gasteiger partial charge in [-0.15, -0.1) is 11.8 Å². The van der Waals surface area contributed by atoms with Crippen LogP contribution in [0.3, 0.4) is 0 Å². The number of ether oxygens (including phenoxy) is 1. The molecule has 1 aliphatic heterocycles. The fourth-order valence-electron chi connectivity index (χ4n) is 3.62. The quantitative estimate of drug-likeness (QED) is 0.439. The molecule has 0 aliphatic carbocycles. The normalized spacial score (nSPS) is 16.4. The van der Waals surface area contributed by atoms with Gasteiger partial charge in [-0.25, -0.2) is 4.79 Å². The minimum absolute atomic E-state index is 0.0444. The highest BCUT2D eigenvalue weighted by Gasteiger charge is 2.36. The fourth-order valence-corrected chi connectivity index (χ4v) is 4.26. The molecule has 0 radical (unpaired) electrons. The first-order valence-electron chi connectivity index (χ1n) is 10.1. The summed E-state index contributed by atoms with van der Waals surface area (Å²) in [6.45, 7) is 0.638. The van der Waals surface area contributed by atoms with Gasteiger partial charge in [-0.05, 0) is 36.1 Å². The van der Waals surface area contributed by atoms with Crippen molar-refractivity contribution in [3.8, 4) is 22.9 Å². The van der Waals surface area contributed by atoms with Gasteiger partial charge in [0.1, 0.15) is 17.9 Å². The molecule has 7 nitrogen and oxygen atoms in total. The van der Waals surface area contributed by atoms with Crippen LogP contribution in [-0.4, -0.2) is 46.5 Å². The maximum atomic E-state index is 14.0. The summed E-state index contributed by atoms with van der Waals surface area (Å²) >= 11 is 7.24. The third kappa shape index (κ3) is 6.00. The van der Waals surface area contributed by atoms with Crippen LogP contribution in [0, 0.1) is 11.3 Å². The average molecular weight is 515 g/mol. The van der Waals surface area contributed by atoms with Gasteiger partial charge in [0.05, 0.1) is 10.6 Å². The van der Waals surface area contributed by atoms with Crippen molar-refractivity contribution in [2.75, 3.05) is 24.7 Å². The summed E-state index contributed by atoms with van der Waals surface area (Å²) in [6, 6.07) is 10.1. The molecule has 1 saturated heterocycles. The van der Waals surface area contributed by atoms with Gasteiger partial charge in [0.25, 0.3) is 0 Å². The number of amides is 1. The Bertz CT molecular complexity index is 1100. The first kappa shape index (κ1) is 25.8. The summed E-state index contributed by atoms with van der Waals surface area (Å²) in [7, 11) is 0. The molecule has 0 spiro atoms. The van der Waals surface area contributed by atoms with Crippen LogP contribution in [0.4, 0.5) is 23.7 Å². The molecule has 34 heavy (non-hydrogen) atoms. The number of piperidine rings is 1. The number of likely N-dealkylation sites (tertiary alicyclic amines) is 1. The molecule has 2 aromatic rings. The molecule has 0 bridgehead atoms. The van der Waals surface area contributed by atoms with Crippen LogP contribution in [0.15, 0.2) is 36.4 Å². The number of hydrogen-bond acceptors (Lipinski definition) is 6. The summed E-state index contributed by atoms with van der Waals surface area (Å²) in [5.41, 5.74) is 4.78. The molecule has 1 amide bonds. The summed E-state index contributed by atoms with van der Waals surface area (Å²) in [5, 5.41) is 20.7. The second kappa shape index (κ2) is 10.2. The fraction of sp³-hybridized carbons (Fsp3) is 0.364. The lowest BCUT2D eigenvalue weighted by Gasteiger charge is -2.30. The average Bonchev–Trinajstić information content (AvgIpc) is 2.78. The third-order valence-electron chi connectivity index (χ3n) is 5.35. The zero-order valence-electron chi connectivity index (χ0n) is 18.0. The largest absolute Gasteiger partial charge is 0.490 e. The van der Waals surface area contributed by atoms with E-state index in [1.54, 1.807) is 18.4 Å². The van der Waals surface area contributed by atoms with Gasteiger partial charge in [0.15, 0.2) is 0 Å². The van der Waals surface area contributed by atoms with E-state index in [1.165, 1.54) is 23.1 Å². The molecule has 4 N–H and O–H groups in total. The molecule has 12 heteroatoms. The van der Waals surface area contributed by atoms with Gasteiger partial charge in [-0.1, -0.05) is 23.7 Å². The SMILES string of the molecule is CSC(N)(C#N)Nc1cc(Cl)c(-c2cccc(OC3CCN(C(=O)O)CC3)c2)c(C(F)(F)F)c1. The topological polar surface area (TPSA) is 112 Å². The molecule has 0 aromatic heterocycles. The number of alkyl halides is 3. The van der Waals surface area contributed by atoms with E-state index >= 15 is 0 Å². The number of nitriles is 1. The highest BCUT2D eigenvalue weighted by molar-refractivity contribution is 8.00. The van der Waals surface area contributed by atoms with Gasteiger partial charge in [0, 0.05) is 37.2 Å². The molecular weight excluding hydrogens is 493 g/mol. The molecule has 1 atom stereocenters. The highest BCUT2D eigenvalue weighted by atomic mass is 35.5. The standard InChI is InChI=1S/C22H22ClF3N4O3S/c1-34-21(28,12-27)29-14-10-17(22(24,25)26)19(18(23)11-14)13-3-2-4-16(9-13)33-15-5-7-30(8-6-15)20(31)32/h2-4,9-11,15,29H,5-8,28H2,1H3,(H,31,32). The van der Waals surface area contributed by atoms with Crippen LogP contribution in [0.1, 0.15) is 18.4 Å². The lowest BCUT2D eigenvalue weighted by atomic mass is 9.98. The minimum Gasteiger partial charge on any atom is -0.490 e. The molecule has 0 saturated carbocycles. The summed E-state index contributed by atoms with van der Waals surface area (Å²) in [4.78, 5) is 10.7. The van der Waals surface area contributed by atoms with Crippen LogP contribution in [0.25, 0.3) is 11.1 Å². The lowest BCUT2D eigenvalue weighted by Crippen LogP contribution is -2.42. The van der Waals surface area contributed by atoms with Crippen LogP contribution in [0.2, 0.25) is 5.02 Å². The summed E-state index contributed by atoms with van der Waals surface area (Å²) < 4.78 is 47.9. The number of benzene rings is 2. The second-order valence-corrected chi connectivity index (χ2v) is 9.13. The number of carbonyl (C=O) groups is 1. The molecule has 1 heterocycles. The van der Waals surface area contributed by atoms with E-state index in [0.29, 0.717) is 31.7 Å². The van der Waals surface area contributed by atoms with Crippen molar-refractivity contribution < 1.29 is 27.8 Å². The zero-order chi connectivity index (χ0) is 25.1. The number of nitrogens with zero attached hydrogens (tertiary/aromatic N) is 2. The van der Waals surface area contributed by atoms with E-state index in [2.05, 4.69) is 5.32 Å². The van der Waals surface area contributed by atoms with Gasteiger partial charge in [-0.3, -0.25) is 5.73 Å². The van der Waals surface area contributed by atoms with E-state index in [4.69, 9.17) is 27.2 Å². The smallest absolute Gasteiger partial charge is 0.417 e. The van der Waals surface area contributed by atoms with Crippen molar-refractivity contribution in [2.45, 2.75) is 30.1 Å². The Hall–Kier alpha value is -2.81. The predicted octanol–water partition coefficient (Wildman–Crippen LogP) is 5.46. The van der Waals surface area contributed by atoms with Gasteiger partial charge in [0.2, 0.25) is 4.99 Å². The van der Waals surface area contributed by atoms with Crippen molar-refractivity contribution in [1.82, 2.24) is 4.90 Å². The summed E-state index contributed by atoms with van der Waals surface area (Å²) in [6.07, 6.45) is -3.49. The van der Waals surface area contributed by atoms with Crippen molar-refractivity contribution in [3.05, 3.63) is 47.0 Å². The number of rotatable bonds is 6. The van der Waals surface area contributed by atoms with Crippen molar-refractivity contribution in [1.29, 1.82) is 5.26 Å². The first-order chi connectivity index (χ1) is 16.0. The van der Waals surface area contributed by atoms with E-state index in [1.807, 2.05) is 6.07 Å². The van der Waals surface area contributed by atoms with E-state index in [0.717, 1.165) is 17.8 Å². The minimum atomic E-state index is -4.74. The zero-order valence-corrected chi connectivity index (χ0v) is 19.6. The van der Waals surface area contributed by atoms with Crippen LogP contribution < -0.4 is 15.8 Å². The van der Waals surface area contributed by atoms with E-state index in [-0.39, 0.29) is 27.9 Å². The monoisotopic (exact) mass is 514 g/mol. The molecule has 1 aliphatic rings. The number of thioether (sulfide) groups is 1. The number of anilines is 1. The Labute approximate surface area is 203 Å². The highest BCUT2D eigenvalue weighted by Crippen LogP contribution is 2.44. The molecule has 1 unspecified atom stereocenters. The number of nitrogens with one attached hydrogen (secondary N) is 1. The molecule has 2 aromatic carbocycles. The lowest BCUT2D eigenvalue weighted by molar-refractivity contribution is -0.137. The first-order valence-corrected chi connectivity index (χ1v) is 11.7. The van der Waals surface area contributed by atoms with E-state index in [9.17, 15) is 23.2 Å². The Balaban J connectivity index is 1.92. The Morgan fingerprint density at radius 2 is 2.00 bits per heavy atom. The van der Waals surface area contributed by atoms with E-state index < -0.39 is 22.8 Å². The number of hydrogen-bond donors (Lipinski definition) is 3. The van der Waals surface area contributed by atoms with Gasteiger partial charge in [-0.2, -0.15) is 18.4 Å². The van der Waals surface area contributed by atoms with Gasteiger partial charge >= 0.3 is 12.3 Å².